The Morgan fingerprint density at radius 1 is 1.55 bits per heavy atom. The smallest absolute Gasteiger partial charge is 0.272 e. The second kappa shape index (κ2) is 6.21. The van der Waals surface area contributed by atoms with Crippen LogP contribution in [-0.2, 0) is 9.84 Å². The number of pyridine rings is 1. The lowest BCUT2D eigenvalue weighted by Crippen LogP contribution is -2.32. The molecule has 0 radical (unpaired) electrons. The molecule has 7 nitrogen and oxygen atoms in total. The Morgan fingerprint density at radius 3 is 2.68 bits per heavy atom. The molecule has 0 aromatic carbocycles. The molecule has 0 saturated heterocycles. The topological polar surface area (TPSA) is 122 Å². The fraction of sp³-hybridized carbons (Fsp3) is 0.571. The fourth-order valence-corrected chi connectivity index (χ4v) is 3.23. The highest BCUT2D eigenvalue weighted by atomic mass is 32.2. The molecule has 1 saturated carbocycles. The third-order valence-electron chi connectivity index (χ3n) is 3.50. The Hall–Kier alpha value is -1.67. The largest absolute Gasteiger partial charge is 0.397 e. The first-order valence-electron chi connectivity index (χ1n) is 7.25. The Morgan fingerprint density at radius 2 is 2.18 bits per heavy atom. The summed E-state index contributed by atoms with van der Waals surface area (Å²) in [6, 6.07) is 1.33. The van der Waals surface area contributed by atoms with Crippen LogP contribution in [0.2, 0.25) is 0 Å². The molecule has 0 unspecified atom stereocenters. The molecular formula is C14H21N3O4S. The number of rotatable bonds is 6. The van der Waals surface area contributed by atoms with Crippen LogP contribution in [0.5, 0.6) is 0 Å². The molecule has 1 aromatic rings. The van der Waals surface area contributed by atoms with E-state index in [2.05, 4.69) is 10.3 Å². The average molecular weight is 327 g/mol. The molecular weight excluding hydrogens is 306 g/mol. The minimum absolute atomic E-state index is 0.0117. The van der Waals surface area contributed by atoms with Gasteiger partial charge in [-0.2, -0.15) is 0 Å². The van der Waals surface area contributed by atoms with E-state index in [4.69, 9.17) is 5.73 Å². The van der Waals surface area contributed by atoms with Crippen molar-refractivity contribution < 1.29 is 18.3 Å². The quantitative estimate of drug-likeness (QED) is 0.697. The van der Waals surface area contributed by atoms with Gasteiger partial charge in [0.05, 0.1) is 28.1 Å². The van der Waals surface area contributed by atoms with Crippen molar-refractivity contribution in [3.8, 4) is 0 Å². The highest BCUT2D eigenvalue weighted by Gasteiger charge is 2.33. The summed E-state index contributed by atoms with van der Waals surface area (Å²) >= 11 is 0. The minimum atomic E-state index is -3.44. The third kappa shape index (κ3) is 3.56. The van der Waals surface area contributed by atoms with Crippen LogP contribution < -0.4 is 11.1 Å². The maximum atomic E-state index is 12.2. The van der Waals surface area contributed by atoms with E-state index >= 15 is 0 Å². The Labute approximate surface area is 129 Å². The number of nitrogen functional groups attached to an aromatic ring is 1. The van der Waals surface area contributed by atoms with Gasteiger partial charge in [0.1, 0.15) is 0 Å². The first-order valence-corrected chi connectivity index (χ1v) is 8.91. The van der Waals surface area contributed by atoms with E-state index in [0.29, 0.717) is 5.69 Å². The lowest BCUT2D eigenvalue weighted by molar-refractivity contribution is 0.0919. The van der Waals surface area contributed by atoms with Crippen LogP contribution in [0.3, 0.4) is 0 Å². The van der Waals surface area contributed by atoms with Crippen molar-refractivity contribution >= 4 is 21.4 Å². The van der Waals surface area contributed by atoms with Crippen LogP contribution in [0, 0.1) is 0 Å². The molecule has 0 aliphatic heterocycles. The van der Waals surface area contributed by atoms with Gasteiger partial charge >= 0.3 is 0 Å². The van der Waals surface area contributed by atoms with E-state index in [1.165, 1.54) is 6.07 Å². The summed E-state index contributed by atoms with van der Waals surface area (Å²) in [5, 5.41) is 11.7. The summed E-state index contributed by atoms with van der Waals surface area (Å²) in [4.78, 5) is 16.4. The van der Waals surface area contributed by atoms with E-state index < -0.39 is 21.8 Å². The van der Waals surface area contributed by atoms with E-state index in [1.807, 2.05) is 0 Å². The monoisotopic (exact) mass is 327 g/mol. The highest BCUT2D eigenvalue weighted by molar-refractivity contribution is 7.91. The summed E-state index contributed by atoms with van der Waals surface area (Å²) in [5.41, 5.74) is 6.29. The second-order valence-corrected chi connectivity index (χ2v) is 7.79. The maximum Gasteiger partial charge on any atom is 0.272 e. The molecule has 4 N–H and O–H groups in total. The molecule has 22 heavy (non-hydrogen) atoms. The number of amides is 1. The zero-order valence-corrected chi connectivity index (χ0v) is 13.5. The summed E-state index contributed by atoms with van der Waals surface area (Å²) < 4.78 is 24.3. The summed E-state index contributed by atoms with van der Waals surface area (Å²) in [6.07, 6.45) is 1.03. The van der Waals surface area contributed by atoms with Gasteiger partial charge < -0.3 is 16.2 Å². The molecule has 0 bridgehead atoms. The number of aliphatic hydroxyl groups excluding tert-OH is 1. The number of hydrogen-bond donors (Lipinski definition) is 3. The number of carbonyl (C=O) groups excluding carboxylic acids is 1. The van der Waals surface area contributed by atoms with E-state index in [-0.39, 0.29) is 34.5 Å². The third-order valence-corrected chi connectivity index (χ3v) is 5.25. The highest BCUT2D eigenvalue weighted by Crippen LogP contribution is 2.42. The molecule has 1 fully saturated rings. The van der Waals surface area contributed by atoms with E-state index in [0.717, 1.165) is 12.8 Å². The number of carbonyl (C=O) groups is 1. The van der Waals surface area contributed by atoms with Crippen LogP contribution in [0.4, 0.5) is 5.69 Å². The van der Waals surface area contributed by atoms with Gasteiger partial charge in [0, 0.05) is 12.5 Å². The number of aliphatic hydroxyl groups is 1. The lowest BCUT2D eigenvalue weighted by atomic mass is 10.2. The van der Waals surface area contributed by atoms with Gasteiger partial charge in [0.2, 0.25) is 0 Å². The normalized spacial score (nSPS) is 16.3. The minimum Gasteiger partial charge on any atom is -0.397 e. The SMILES string of the molecule is CCS(=O)(=O)c1cc(N)c(C(=O)NC[C@H](C)O)nc1C1CC1. The molecule has 122 valence electrons. The van der Waals surface area contributed by atoms with Crippen molar-refractivity contribution in [2.24, 2.45) is 0 Å². The molecule has 1 heterocycles. The fourth-order valence-electron chi connectivity index (χ4n) is 2.08. The van der Waals surface area contributed by atoms with Crippen LogP contribution in [0.25, 0.3) is 0 Å². The number of nitrogens with two attached hydrogens (primary N) is 1. The molecule has 1 aliphatic rings. The molecule has 0 spiro atoms. The molecule has 1 atom stereocenters. The van der Waals surface area contributed by atoms with Crippen LogP contribution >= 0.6 is 0 Å². The van der Waals surface area contributed by atoms with E-state index in [1.54, 1.807) is 13.8 Å². The van der Waals surface area contributed by atoms with Crippen molar-refractivity contribution in [2.45, 2.75) is 43.6 Å². The number of nitrogens with one attached hydrogen (secondary N) is 1. The summed E-state index contributed by atoms with van der Waals surface area (Å²) in [5.74, 6) is -0.484. The van der Waals surface area contributed by atoms with E-state index in [9.17, 15) is 18.3 Å². The Kier molecular flexibility index (Phi) is 4.72. The van der Waals surface area contributed by atoms with Crippen molar-refractivity contribution in [2.75, 3.05) is 18.0 Å². The summed E-state index contributed by atoms with van der Waals surface area (Å²) in [6.45, 7) is 3.18. The standard InChI is InChI=1S/C14H21N3O4S/c1-3-22(20,21)11-6-10(15)13(14(19)16-7-8(2)18)17-12(11)9-4-5-9/h6,8-9,18H,3-5,7,15H2,1-2H3,(H,16,19)/t8-/m0/s1. The van der Waals surface area contributed by atoms with Crippen molar-refractivity contribution in [3.63, 3.8) is 0 Å². The molecule has 2 rings (SSSR count). The number of hydrogen-bond acceptors (Lipinski definition) is 6. The average Bonchev–Trinajstić information content (AvgIpc) is 3.29. The number of anilines is 1. The molecule has 1 amide bonds. The second-order valence-electron chi connectivity index (χ2n) is 5.55. The first-order chi connectivity index (χ1) is 10.3. The first kappa shape index (κ1) is 16.7. The van der Waals surface area contributed by atoms with Gasteiger partial charge in [0.25, 0.3) is 5.91 Å². The van der Waals surface area contributed by atoms with Gasteiger partial charge in [-0.25, -0.2) is 13.4 Å². The van der Waals surface area contributed by atoms with Gasteiger partial charge in [-0.1, -0.05) is 6.92 Å². The predicted molar refractivity (Wildman–Crippen MR) is 82.4 cm³/mol. The maximum absolute atomic E-state index is 12.2. The molecule has 1 aliphatic carbocycles. The number of nitrogens with zero attached hydrogens (tertiary/aromatic N) is 1. The lowest BCUT2D eigenvalue weighted by Gasteiger charge is -2.13. The van der Waals surface area contributed by atoms with Gasteiger partial charge in [0.15, 0.2) is 15.5 Å². The van der Waals surface area contributed by atoms with Crippen molar-refractivity contribution in [1.29, 1.82) is 0 Å². The van der Waals surface area contributed by atoms with Gasteiger partial charge in [-0.3, -0.25) is 4.79 Å². The Balaban J connectivity index is 2.42. The van der Waals surface area contributed by atoms with Crippen LogP contribution in [-0.4, -0.2) is 42.8 Å². The van der Waals surface area contributed by atoms with Crippen LogP contribution in [0.15, 0.2) is 11.0 Å². The van der Waals surface area contributed by atoms with Gasteiger partial charge in [-0.15, -0.1) is 0 Å². The summed E-state index contributed by atoms with van der Waals surface area (Å²) in [7, 11) is -3.44. The Bertz CT molecular complexity index is 682. The van der Waals surface area contributed by atoms with Crippen LogP contribution in [0.1, 0.15) is 48.8 Å². The van der Waals surface area contributed by atoms with Gasteiger partial charge in [-0.05, 0) is 25.8 Å². The van der Waals surface area contributed by atoms with Crippen molar-refractivity contribution in [3.05, 3.63) is 17.5 Å². The molecule has 8 heteroatoms. The predicted octanol–water partition coefficient (Wildman–Crippen LogP) is 0.445. The number of sulfone groups is 1. The zero-order valence-electron chi connectivity index (χ0n) is 12.7. The van der Waals surface area contributed by atoms with Crippen molar-refractivity contribution in [1.82, 2.24) is 10.3 Å². The zero-order chi connectivity index (χ0) is 16.5. The molecule has 1 aromatic heterocycles. The number of aromatic nitrogens is 1.